The van der Waals surface area contributed by atoms with Gasteiger partial charge in [-0.1, -0.05) is 18.5 Å². The summed E-state index contributed by atoms with van der Waals surface area (Å²) < 4.78 is 5.18. The number of carboxylic acids is 1. The van der Waals surface area contributed by atoms with Crippen molar-refractivity contribution in [3.05, 3.63) is 29.3 Å². The van der Waals surface area contributed by atoms with E-state index in [-0.39, 0.29) is 6.61 Å². The Morgan fingerprint density at radius 3 is 2.50 bits per heavy atom. The molecule has 0 aromatic heterocycles. The van der Waals surface area contributed by atoms with Gasteiger partial charge in [-0.25, -0.2) is 4.79 Å². The minimum atomic E-state index is -1.06. The number of carboxylic acid groups (broad SMARTS) is 1. The minimum Gasteiger partial charge on any atom is -0.484 e. The monoisotopic (exact) mass is 271 g/mol. The molecular formula is C12H14ClNO4. The first-order valence-corrected chi connectivity index (χ1v) is 5.81. The number of benzene rings is 1. The van der Waals surface area contributed by atoms with Crippen molar-refractivity contribution in [3.8, 4) is 5.75 Å². The maximum absolute atomic E-state index is 11.4. The fraction of sp³-hybridized carbons (Fsp3) is 0.333. The van der Waals surface area contributed by atoms with Crippen LogP contribution in [0.4, 0.5) is 0 Å². The predicted octanol–water partition coefficient (Wildman–Crippen LogP) is 1.70. The highest BCUT2D eigenvalue weighted by Crippen LogP contribution is 2.15. The van der Waals surface area contributed by atoms with E-state index >= 15 is 0 Å². The zero-order chi connectivity index (χ0) is 13.5. The number of carbonyl (C=O) groups is 2. The number of hydrogen-bond donors (Lipinski definition) is 2. The van der Waals surface area contributed by atoms with Crippen LogP contribution in [0.5, 0.6) is 5.75 Å². The summed E-state index contributed by atoms with van der Waals surface area (Å²) in [7, 11) is 0. The number of ether oxygens (including phenoxy) is 1. The van der Waals surface area contributed by atoms with Gasteiger partial charge in [-0.2, -0.15) is 0 Å². The van der Waals surface area contributed by atoms with Gasteiger partial charge in [0.1, 0.15) is 11.8 Å². The first kappa shape index (κ1) is 14.3. The van der Waals surface area contributed by atoms with E-state index in [1.807, 2.05) is 0 Å². The average Bonchev–Trinajstić information content (AvgIpc) is 2.35. The van der Waals surface area contributed by atoms with E-state index in [1.54, 1.807) is 31.2 Å². The van der Waals surface area contributed by atoms with Gasteiger partial charge in [-0.15, -0.1) is 0 Å². The summed E-state index contributed by atoms with van der Waals surface area (Å²) in [5.74, 6) is -1.03. The first-order valence-electron chi connectivity index (χ1n) is 5.43. The first-order chi connectivity index (χ1) is 8.52. The molecule has 5 nitrogen and oxygen atoms in total. The Balaban J connectivity index is 2.41. The molecule has 1 rings (SSSR count). The number of amides is 1. The van der Waals surface area contributed by atoms with E-state index in [2.05, 4.69) is 5.32 Å². The lowest BCUT2D eigenvalue weighted by atomic mass is 10.2. The number of halogens is 1. The van der Waals surface area contributed by atoms with Gasteiger partial charge in [-0.05, 0) is 30.7 Å². The Bertz CT molecular complexity index is 419. The summed E-state index contributed by atoms with van der Waals surface area (Å²) in [5, 5.41) is 11.7. The van der Waals surface area contributed by atoms with Crippen molar-refractivity contribution in [1.29, 1.82) is 0 Å². The Kier molecular flexibility index (Phi) is 5.45. The molecule has 0 spiro atoms. The number of aliphatic carboxylic acids is 1. The van der Waals surface area contributed by atoms with Crippen LogP contribution in [0.1, 0.15) is 13.3 Å². The van der Waals surface area contributed by atoms with E-state index in [0.29, 0.717) is 17.2 Å². The van der Waals surface area contributed by atoms with Crippen LogP contribution < -0.4 is 10.1 Å². The molecule has 0 aliphatic heterocycles. The second-order valence-corrected chi connectivity index (χ2v) is 4.05. The van der Waals surface area contributed by atoms with Crippen LogP contribution in [0, 0.1) is 0 Å². The Morgan fingerprint density at radius 2 is 2.00 bits per heavy atom. The van der Waals surface area contributed by atoms with E-state index in [0.717, 1.165) is 0 Å². The predicted molar refractivity (Wildman–Crippen MR) is 66.8 cm³/mol. The van der Waals surface area contributed by atoms with Gasteiger partial charge >= 0.3 is 5.97 Å². The van der Waals surface area contributed by atoms with Gasteiger partial charge in [0.25, 0.3) is 5.91 Å². The second kappa shape index (κ2) is 6.86. The normalized spacial score (nSPS) is 11.7. The quantitative estimate of drug-likeness (QED) is 0.826. The lowest BCUT2D eigenvalue weighted by Crippen LogP contribution is -2.42. The van der Waals surface area contributed by atoms with Gasteiger partial charge in [0, 0.05) is 5.02 Å². The van der Waals surface area contributed by atoms with Gasteiger partial charge in [0.05, 0.1) is 0 Å². The number of carbonyl (C=O) groups excluding carboxylic acids is 1. The van der Waals surface area contributed by atoms with Gasteiger partial charge in [0.2, 0.25) is 0 Å². The third-order valence-corrected chi connectivity index (χ3v) is 2.48. The second-order valence-electron chi connectivity index (χ2n) is 3.61. The van der Waals surface area contributed by atoms with E-state index in [4.69, 9.17) is 21.4 Å². The molecule has 0 heterocycles. The highest BCUT2D eigenvalue weighted by atomic mass is 35.5. The van der Waals surface area contributed by atoms with Gasteiger partial charge < -0.3 is 15.2 Å². The third-order valence-electron chi connectivity index (χ3n) is 2.23. The molecule has 2 N–H and O–H groups in total. The molecule has 0 saturated heterocycles. The van der Waals surface area contributed by atoms with Crippen LogP contribution in [0.15, 0.2) is 24.3 Å². The van der Waals surface area contributed by atoms with Gasteiger partial charge in [-0.3, -0.25) is 4.79 Å². The molecule has 1 amide bonds. The molecule has 0 aliphatic carbocycles. The van der Waals surface area contributed by atoms with Crippen molar-refractivity contribution < 1.29 is 19.4 Å². The van der Waals surface area contributed by atoms with Crippen LogP contribution in [0.2, 0.25) is 5.02 Å². The molecule has 1 aromatic rings. The molecule has 0 aliphatic rings. The molecular weight excluding hydrogens is 258 g/mol. The molecule has 98 valence electrons. The van der Waals surface area contributed by atoms with Crippen molar-refractivity contribution in [2.24, 2.45) is 0 Å². The van der Waals surface area contributed by atoms with Crippen molar-refractivity contribution in [1.82, 2.24) is 5.32 Å². The van der Waals surface area contributed by atoms with E-state index in [1.165, 1.54) is 0 Å². The van der Waals surface area contributed by atoms with Crippen LogP contribution in [0.3, 0.4) is 0 Å². The highest BCUT2D eigenvalue weighted by molar-refractivity contribution is 6.30. The zero-order valence-electron chi connectivity index (χ0n) is 9.85. The van der Waals surface area contributed by atoms with Crippen molar-refractivity contribution in [2.45, 2.75) is 19.4 Å². The zero-order valence-corrected chi connectivity index (χ0v) is 10.6. The topological polar surface area (TPSA) is 75.6 Å². The molecule has 1 atom stereocenters. The highest BCUT2D eigenvalue weighted by Gasteiger charge is 2.17. The Hall–Kier alpha value is -1.75. The molecule has 1 unspecified atom stereocenters. The van der Waals surface area contributed by atoms with E-state index < -0.39 is 17.9 Å². The number of nitrogens with one attached hydrogen (secondary N) is 1. The lowest BCUT2D eigenvalue weighted by molar-refractivity contribution is -0.142. The van der Waals surface area contributed by atoms with Gasteiger partial charge in [0.15, 0.2) is 6.61 Å². The number of rotatable bonds is 6. The largest absolute Gasteiger partial charge is 0.484 e. The molecule has 1 aromatic carbocycles. The lowest BCUT2D eigenvalue weighted by Gasteiger charge is -2.12. The fourth-order valence-corrected chi connectivity index (χ4v) is 1.38. The molecule has 0 fully saturated rings. The summed E-state index contributed by atoms with van der Waals surface area (Å²) in [6, 6.07) is 5.65. The minimum absolute atomic E-state index is 0.231. The molecule has 18 heavy (non-hydrogen) atoms. The molecule has 0 bridgehead atoms. The summed E-state index contributed by atoms with van der Waals surface area (Å²) in [6.45, 7) is 1.45. The van der Waals surface area contributed by atoms with Crippen LogP contribution in [0.25, 0.3) is 0 Å². The molecule has 0 saturated carbocycles. The summed E-state index contributed by atoms with van der Waals surface area (Å²) in [6.07, 6.45) is 0.321. The molecule has 0 radical (unpaired) electrons. The third kappa shape index (κ3) is 4.63. The average molecular weight is 272 g/mol. The van der Waals surface area contributed by atoms with Crippen LogP contribution >= 0.6 is 11.6 Å². The standard InChI is InChI=1S/C12H14ClNO4/c1-2-10(12(16)17)14-11(15)7-18-9-5-3-8(13)4-6-9/h3-6,10H,2,7H2,1H3,(H,14,15)(H,16,17). The number of hydrogen-bond acceptors (Lipinski definition) is 3. The van der Waals surface area contributed by atoms with Crippen LogP contribution in [-0.4, -0.2) is 29.6 Å². The van der Waals surface area contributed by atoms with Crippen molar-refractivity contribution in [2.75, 3.05) is 6.61 Å². The smallest absolute Gasteiger partial charge is 0.326 e. The summed E-state index contributed by atoms with van der Waals surface area (Å²) >= 11 is 5.70. The maximum atomic E-state index is 11.4. The Labute approximate surface area is 110 Å². The fourth-order valence-electron chi connectivity index (χ4n) is 1.25. The Morgan fingerprint density at radius 1 is 1.39 bits per heavy atom. The van der Waals surface area contributed by atoms with Crippen molar-refractivity contribution >= 4 is 23.5 Å². The summed E-state index contributed by atoms with van der Waals surface area (Å²) in [4.78, 5) is 22.1. The van der Waals surface area contributed by atoms with E-state index in [9.17, 15) is 9.59 Å². The maximum Gasteiger partial charge on any atom is 0.326 e. The van der Waals surface area contributed by atoms with Crippen molar-refractivity contribution in [3.63, 3.8) is 0 Å². The molecule has 6 heteroatoms. The summed E-state index contributed by atoms with van der Waals surface area (Å²) in [5.41, 5.74) is 0. The van der Waals surface area contributed by atoms with Crippen LogP contribution in [-0.2, 0) is 9.59 Å². The SMILES string of the molecule is CCC(NC(=O)COc1ccc(Cl)cc1)C(=O)O.